The van der Waals surface area contributed by atoms with Crippen molar-refractivity contribution >= 4 is 23.1 Å². The first-order chi connectivity index (χ1) is 12.7. The number of ether oxygens (including phenoxy) is 1. The molecule has 1 aromatic carbocycles. The van der Waals surface area contributed by atoms with Crippen molar-refractivity contribution in [3.8, 4) is 0 Å². The molecule has 1 aliphatic heterocycles. The molecule has 5 nitrogen and oxygen atoms in total. The quantitative estimate of drug-likeness (QED) is 0.812. The van der Waals surface area contributed by atoms with Crippen LogP contribution in [0.15, 0.2) is 36.5 Å². The number of hydrogen-bond acceptors (Lipinski definition) is 4. The van der Waals surface area contributed by atoms with Crippen molar-refractivity contribution < 1.29 is 9.53 Å². The molecule has 2 heterocycles. The highest BCUT2D eigenvalue weighted by atomic mass is 16.5. The van der Waals surface area contributed by atoms with Crippen molar-refractivity contribution in [1.82, 2.24) is 4.98 Å². The van der Waals surface area contributed by atoms with Crippen molar-refractivity contribution in [3.05, 3.63) is 47.7 Å². The van der Waals surface area contributed by atoms with Gasteiger partial charge in [-0.2, -0.15) is 0 Å². The summed E-state index contributed by atoms with van der Waals surface area (Å²) in [6.07, 6.45) is 5.21. The number of pyridine rings is 1. The van der Waals surface area contributed by atoms with Crippen molar-refractivity contribution in [3.63, 3.8) is 0 Å². The second-order valence-corrected chi connectivity index (χ2v) is 6.59. The molecular formula is C21H27N3O2. The van der Waals surface area contributed by atoms with Crippen LogP contribution in [0.2, 0.25) is 0 Å². The lowest BCUT2D eigenvalue weighted by molar-refractivity contribution is -0.122. The Bertz CT molecular complexity index is 715. The van der Waals surface area contributed by atoms with Crippen LogP contribution in [0.5, 0.6) is 0 Å². The fourth-order valence-corrected chi connectivity index (χ4v) is 3.28. The number of nitrogens with zero attached hydrogens (tertiary/aromatic N) is 1. The van der Waals surface area contributed by atoms with Gasteiger partial charge in [-0.3, -0.25) is 4.79 Å². The first kappa shape index (κ1) is 18.4. The van der Waals surface area contributed by atoms with Gasteiger partial charge >= 0.3 is 0 Å². The van der Waals surface area contributed by atoms with Gasteiger partial charge in [-0.05, 0) is 48.9 Å². The van der Waals surface area contributed by atoms with Crippen LogP contribution < -0.4 is 10.6 Å². The molecule has 1 amide bonds. The monoisotopic (exact) mass is 353 g/mol. The topological polar surface area (TPSA) is 63.2 Å². The van der Waals surface area contributed by atoms with Gasteiger partial charge in [0.25, 0.3) is 0 Å². The zero-order valence-electron chi connectivity index (χ0n) is 15.5. The van der Waals surface area contributed by atoms with Gasteiger partial charge in [-0.25, -0.2) is 4.98 Å². The van der Waals surface area contributed by atoms with E-state index in [1.807, 2.05) is 12.1 Å². The number of hydrogen-bond donors (Lipinski definition) is 2. The molecule has 0 radical (unpaired) electrons. The lowest BCUT2D eigenvalue weighted by Gasteiger charge is -2.21. The summed E-state index contributed by atoms with van der Waals surface area (Å²) in [5.41, 5.74) is 4.43. The molecule has 0 aliphatic carbocycles. The molecule has 2 aromatic rings. The summed E-state index contributed by atoms with van der Waals surface area (Å²) in [5, 5.41) is 6.41. The Balaban J connectivity index is 1.67. The molecule has 0 saturated carbocycles. The summed E-state index contributed by atoms with van der Waals surface area (Å²) in [5.74, 6) is 0.871. The molecule has 2 N–H and O–H groups in total. The smallest absolute Gasteiger partial charge is 0.227 e. The average Bonchev–Trinajstić information content (AvgIpc) is 2.70. The number of aromatic nitrogens is 1. The number of carbonyl (C=O) groups is 1. The zero-order chi connectivity index (χ0) is 18.4. The van der Waals surface area contributed by atoms with Crippen molar-refractivity contribution in [2.24, 2.45) is 5.92 Å². The molecule has 0 atom stereocenters. The van der Waals surface area contributed by atoms with Crippen LogP contribution in [0, 0.1) is 5.92 Å². The largest absolute Gasteiger partial charge is 0.381 e. The first-order valence-corrected chi connectivity index (χ1v) is 9.43. The van der Waals surface area contributed by atoms with E-state index in [1.54, 1.807) is 6.20 Å². The predicted molar refractivity (Wildman–Crippen MR) is 105 cm³/mol. The van der Waals surface area contributed by atoms with Crippen LogP contribution in [-0.4, -0.2) is 24.1 Å². The number of para-hydroxylation sites is 1. The number of carbonyl (C=O) groups excluding carboxylic acids is 1. The predicted octanol–water partition coefficient (Wildman–Crippen LogP) is 4.32. The van der Waals surface area contributed by atoms with Gasteiger partial charge in [-0.15, -0.1) is 0 Å². The maximum atomic E-state index is 12.3. The van der Waals surface area contributed by atoms with Crippen LogP contribution in [0.25, 0.3) is 0 Å². The highest BCUT2D eigenvalue weighted by molar-refractivity contribution is 5.92. The Morgan fingerprint density at radius 3 is 2.38 bits per heavy atom. The van der Waals surface area contributed by atoms with Gasteiger partial charge in [0.2, 0.25) is 5.91 Å². The van der Waals surface area contributed by atoms with E-state index in [2.05, 4.69) is 47.7 Å². The van der Waals surface area contributed by atoms with E-state index in [9.17, 15) is 4.79 Å². The summed E-state index contributed by atoms with van der Waals surface area (Å²) < 4.78 is 5.31. The lowest BCUT2D eigenvalue weighted by Crippen LogP contribution is -2.28. The molecule has 1 aromatic heterocycles. The highest BCUT2D eigenvalue weighted by Crippen LogP contribution is 2.26. The number of amides is 1. The van der Waals surface area contributed by atoms with E-state index in [0.29, 0.717) is 13.2 Å². The molecular weight excluding hydrogens is 326 g/mol. The van der Waals surface area contributed by atoms with Crippen LogP contribution in [-0.2, 0) is 22.4 Å². The van der Waals surface area contributed by atoms with E-state index in [0.717, 1.165) is 42.9 Å². The average molecular weight is 353 g/mol. The molecule has 26 heavy (non-hydrogen) atoms. The summed E-state index contributed by atoms with van der Waals surface area (Å²) >= 11 is 0. The molecule has 3 rings (SSSR count). The fraction of sp³-hybridized carbons (Fsp3) is 0.429. The lowest BCUT2D eigenvalue weighted by atomic mass is 9.99. The molecule has 1 saturated heterocycles. The summed E-state index contributed by atoms with van der Waals surface area (Å²) in [7, 11) is 0. The fourth-order valence-electron chi connectivity index (χ4n) is 3.28. The van der Waals surface area contributed by atoms with E-state index >= 15 is 0 Å². The normalized spacial score (nSPS) is 14.8. The van der Waals surface area contributed by atoms with Crippen LogP contribution in [0.3, 0.4) is 0 Å². The third kappa shape index (κ3) is 4.41. The Morgan fingerprint density at radius 1 is 1.12 bits per heavy atom. The maximum absolute atomic E-state index is 12.3. The van der Waals surface area contributed by atoms with Gasteiger partial charge in [0, 0.05) is 24.8 Å². The number of aryl methyl sites for hydroxylation is 2. The number of nitrogens with one attached hydrogen (secondary N) is 2. The molecule has 0 spiro atoms. The minimum Gasteiger partial charge on any atom is -0.381 e. The van der Waals surface area contributed by atoms with E-state index in [4.69, 9.17) is 4.74 Å². The Kier molecular flexibility index (Phi) is 6.23. The van der Waals surface area contributed by atoms with E-state index in [-0.39, 0.29) is 11.8 Å². The Morgan fingerprint density at radius 2 is 1.81 bits per heavy atom. The minimum absolute atomic E-state index is 0.0325. The second kappa shape index (κ2) is 8.81. The highest BCUT2D eigenvalue weighted by Gasteiger charge is 2.21. The van der Waals surface area contributed by atoms with Crippen molar-refractivity contribution in [2.45, 2.75) is 39.5 Å². The SMILES string of the molecule is CCc1cccc(CC)c1Nc1ccc(NC(=O)C2CCOCC2)cn1. The third-order valence-electron chi connectivity index (χ3n) is 4.88. The standard InChI is InChI=1S/C21H27N3O2/c1-3-15-6-5-7-16(4-2)20(15)24-19-9-8-18(14-22-19)23-21(25)17-10-12-26-13-11-17/h5-9,14,17H,3-4,10-13H2,1-2H3,(H,22,24)(H,23,25). The van der Waals surface area contributed by atoms with Gasteiger partial charge in [0.1, 0.15) is 5.82 Å². The van der Waals surface area contributed by atoms with E-state index < -0.39 is 0 Å². The Labute approximate surface area is 155 Å². The summed E-state index contributed by atoms with van der Waals surface area (Å²) in [6, 6.07) is 10.2. The van der Waals surface area contributed by atoms with Gasteiger partial charge in [-0.1, -0.05) is 32.0 Å². The molecule has 0 unspecified atom stereocenters. The number of anilines is 3. The van der Waals surface area contributed by atoms with Crippen molar-refractivity contribution in [2.75, 3.05) is 23.8 Å². The summed E-state index contributed by atoms with van der Waals surface area (Å²) in [4.78, 5) is 16.8. The van der Waals surface area contributed by atoms with Gasteiger partial charge in [0.15, 0.2) is 0 Å². The molecule has 1 fully saturated rings. The van der Waals surface area contributed by atoms with Crippen molar-refractivity contribution in [1.29, 1.82) is 0 Å². The molecule has 0 bridgehead atoms. The molecule has 1 aliphatic rings. The summed E-state index contributed by atoms with van der Waals surface area (Å²) in [6.45, 7) is 5.64. The minimum atomic E-state index is 0.0325. The second-order valence-electron chi connectivity index (χ2n) is 6.59. The van der Waals surface area contributed by atoms with Crippen LogP contribution in [0.1, 0.15) is 37.8 Å². The van der Waals surface area contributed by atoms with Gasteiger partial charge < -0.3 is 15.4 Å². The van der Waals surface area contributed by atoms with Crippen LogP contribution >= 0.6 is 0 Å². The zero-order valence-corrected chi connectivity index (χ0v) is 15.5. The third-order valence-corrected chi connectivity index (χ3v) is 4.88. The first-order valence-electron chi connectivity index (χ1n) is 9.43. The Hall–Kier alpha value is -2.40. The molecule has 5 heteroatoms. The van der Waals surface area contributed by atoms with Gasteiger partial charge in [0.05, 0.1) is 11.9 Å². The maximum Gasteiger partial charge on any atom is 0.227 e. The number of rotatable bonds is 6. The van der Waals surface area contributed by atoms with E-state index in [1.165, 1.54) is 11.1 Å². The molecule has 138 valence electrons. The van der Waals surface area contributed by atoms with Crippen LogP contribution in [0.4, 0.5) is 17.2 Å². The number of benzene rings is 1.